The van der Waals surface area contributed by atoms with Crippen LogP contribution < -0.4 is 4.90 Å². The van der Waals surface area contributed by atoms with Crippen molar-refractivity contribution >= 4 is 5.95 Å². The molecule has 0 aliphatic heterocycles. The first-order valence-corrected chi connectivity index (χ1v) is 2.85. The van der Waals surface area contributed by atoms with E-state index in [9.17, 15) is 0 Å². The number of rotatable bonds is 2. The summed E-state index contributed by atoms with van der Waals surface area (Å²) in [6.07, 6.45) is 6.60. The summed E-state index contributed by atoms with van der Waals surface area (Å²) in [5, 5.41) is 7.37. The molecule has 0 aliphatic rings. The number of hydrogen-bond donors (Lipinski definition) is 1. The molecule has 0 amide bonds. The monoisotopic (exact) mass is 136 g/mol. The zero-order chi connectivity index (χ0) is 7.40. The molecule has 0 atom stereocenters. The van der Waals surface area contributed by atoms with Gasteiger partial charge in [0, 0.05) is 7.05 Å². The van der Waals surface area contributed by atoms with Crippen molar-refractivity contribution < 1.29 is 0 Å². The molecule has 1 rings (SSSR count). The maximum atomic E-state index is 5.08. The molecule has 0 fully saturated rings. The Morgan fingerprint density at radius 2 is 2.70 bits per heavy atom. The van der Waals surface area contributed by atoms with Gasteiger partial charge in [-0.15, -0.1) is 16.6 Å². The summed E-state index contributed by atoms with van der Waals surface area (Å²) in [7, 11) is 1.85. The molecular weight excluding hydrogens is 128 g/mol. The maximum Gasteiger partial charge on any atom is 0.224 e. The minimum atomic E-state index is 0.537. The van der Waals surface area contributed by atoms with Gasteiger partial charge in [-0.3, -0.25) is 0 Å². The lowest BCUT2D eigenvalue weighted by atomic mass is 10.6. The second kappa shape index (κ2) is 2.87. The van der Waals surface area contributed by atoms with E-state index in [1.54, 1.807) is 4.90 Å². The van der Waals surface area contributed by atoms with Crippen LogP contribution >= 0.6 is 0 Å². The Hall–Kier alpha value is -1.50. The number of aromatic nitrogens is 3. The average molecular weight is 136 g/mol. The Morgan fingerprint density at radius 1 is 1.90 bits per heavy atom. The van der Waals surface area contributed by atoms with Crippen molar-refractivity contribution in [2.24, 2.45) is 0 Å². The first kappa shape index (κ1) is 6.62. The summed E-state index contributed by atoms with van der Waals surface area (Å²) in [5.41, 5.74) is 0. The fraction of sp³-hybridized carbons (Fsp3) is 0.333. The Labute approximate surface area is 59.3 Å². The van der Waals surface area contributed by atoms with Crippen molar-refractivity contribution in [1.82, 2.24) is 15.2 Å². The lowest BCUT2D eigenvalue weighted by molar-refractivity contribution is 0.957. The molecule has 0 bridgehead atoms. The van der Waals surface area contributed by atoms with Gasteiger partial charge in [-0.05, 0) is 0 Å². The van der Waals surface area contributed by atoms with Crippen molar-refractivity contribution in [3.8, 4) is 12.3 Å². The summed E-state index contributed by atoms with van der Waals surface area (Å²) in [6.45, 7) is 0.537. The van der Waals surface area contributed by atoms with Crippen molar-refractivity contribution in [2.75, 3.05) is 18.5 Å². The molecule has 0 radical (unpaired) electrons. The number of nitrogens with zero attached hydrogens (tertiary/aromatic N) is 3. The molecule has 1 aromatic rings. The van der Waals surface area contributed by atoms with E-state index in [-0.39, 0.29) is 0 Å². The van der Waals surface area contributed by atoms with Crippen molar-refractivity contribution in [3.05, 3.63) is 6.33 Å². The quantitative estimate of drug-likeness (QED) is 0.576. The van der Waals surface area contributed by atoms with Gasteiger partial charge in [0.2, 0.25) is 5.95 Å². The lowest BCUT2D eigenvalue weighted by Crippen LogP contribution is -2.18. The molecule has 0 saturated heterocycles. The molecule has 1 N–H and O–H groups in total. The highest BCUT2D eigenvalue weighted by Crippen LogP contribution is 1.98. The topological polar surface area (TPSA) is 44.8 Å². The van der Waals surface area contributed by atoms with Gasteiger partial charge >= 0.3 is 0 Å². The normalized spacial score (nSPS) is 8.80. The Bertz CT molecular complexity index is 220. The molecular formula is C6H8N4. The second-order valence-corrected chi connectivity index (χ2v) is 1.87. The zero-order valence-electron chi connectivity index (χ0n) is 5.70. The van der Waals surface area contributed by atoms with Crippen LogP contribution in [0, 0.1) is 12.3 Å². The fourth-order valence-corrected chi connectivity index (χ4v) is 0.597. The molecule has 0 unspecified atom stereocenters. The largest absolute Gasteiger partial charge is 0.333 e. The first-order chi connectivity index (χ1) is 4.84. The Morgan fingerprint density at radius 3 is 3.20 bits per heavy atom. The van der Waals surface area contributed by atoms with E-state index >= 15 is 0 Å². The molecule has 1 heterocycles. The summed E-state index contributed by atoms with van der Waals surface area (Å²) in [6, 6.07) is 0. The number of H-pyrrole nitrogens is 1. The number of terminal acetylenes is 1. The van der Waals surface area contributed by atoms with Gasteiger partial charge in [-0.25, -0.2) is 0 Å². The fourth-order valence-electron chi connectivity index (χ4n) is 0.597. The van der Waals surface area contributed by atoms with Crippen molar-refractivity contribution in [3.63, 3.8) is 0 Å². The van der Waals surface area contributed by atoms with Crippen LogP contribution in [0.4, 0.5) is 5.95 Å². The number of nitrogens with one attached hydrogen (secondary N) is 1. The lowest BCUT2D eigenvalue weighted by Gasteiger charge is -2.09. The predicted octanol–water partition coefficient (Wildman–Crippen LogP) is -0.126. The Kier molecular flexibility index (Phi) is 1.90. The van der Waals surface area contributed by atoms with Crippen LogP contribution in [0.15, 0.2) is 6.33 Å². The predicted molar refractivity (Wildman–Crippen MR) is 38.5 cm³/mol. The van der Waals surface area contributed by atoms with Crippen LogP contribution in [0.3, 0.4) is 0 Å². The van der Waals surface area contributed by atoms with E-state index in [2.05, 4.69) is 21.1 Å². The van der Waals surface area contributed by atoms with Gasteiger partial charge in [-0.2, -0.15) is 0 Å². The van der Waals surface area contributed by atoms with E-state index < -0.39 is 0 Å². The number of aromatic amines is 1. The second-order valence-electron chi connectivity index (χ2n) is 1.87. The summed E-state index contributed by atoms with van der Waals surface area (Å²) in [4.78, 5) is 4.63. The molecule has 1 aromatic heterocycles. The summed E-state index contributed by atoms with van der Waals surface area (Å²) < 4.78 is 0. The Balaban J connectivity index is 2.61. The molecule has 0 saturated carbocycles. The highest BCUT2D eigenvalue weighted by Gasteiger charge is 1.98. The van der Waals surface area contributed by atoms with Gasteiger partial charge in [-0.1, -0.05) is 5.92 Å². The van der Waals surface area contributed by atoms with E-state index in [4.69, 9.17) is 6.42 Å². The molecule has 10 heavy (non-hydrogen) atoms. The van der Waals surface area contributed by atoms with Gasteiger partial charge < -0.3 is 9.88 Å². The van der Waals surface area contributed by atoms with Gasteiger partial charge in [0.1, 0.15) is 6.33 Å². The molecule has 4 nitrogen and oxygen atoms in total. The summed E-state index contributed by atoms with van der Waals surface area (Å²) >= 11 is 0. The number of hydrogen-bond acceptors (Lipinski definition) is 3. The van der Waals surface area contributed by atoms with Crippen LogP contribution in [0.5, 0.6) is 0 Å². The first-order valence-electron chi connectivity index (χ1n) is 2.85. The maximum absolute atomic E-state index is 5.08. The molecule has 52 valence electrons. The van der Waals surface area contributed by atoms with Crippen LogP contribution in [0.25, 0.3) is 0 Å². The minimum absolute atomic E-state index is 0.537. The SMILES string of the molecule is C#CCN(C)c1nnc[nH]1. The highest BCUT2D eigenvalue weighted by molar-refractivity contribution is 5.27. The van der Waals surface area contributed by atoms with Crippen molar-refractivity contribution in [2.45, 2.75) is 0 Å². The third-order valence-electron chi connectivity index (χ3n) is 1.09. The highest BCUT2D eigenvalue weighted by atomic mass is 15.3. The third-order valence-corrected chi connectivity index (χ3v) is 1.09. The standard InChI is InChI=1S/C6H8N4/c1-3-4-10(2)6-7-5-8-9-6/h1,5H,4H2,2H3,(H,7,8,9). The molecule has 4 heteroatoms. The molecule has 0 spiro atoms. The molecule has 0 aliphatic carbocycles. The van der Waals surface area contributed by atoms with Crippen LogP contribution in [0.2, 0.25) is 0 Å². The van der Waals surface area contributed by atoms with E-state index in [0.29, 0.717) is 12.5 Å². The van der Waals surface area contributed by atoms with Crippen molar-refractivity contribution in [1.29, 1.82) is 0 Å². The summed E-state index contributed by atoms with van der Waals surface area (Å²) in [5.74, 6) is 3.19. The van der Waals surface area contributed by atoms with Gasteiger partial charge in [0.05, 0.1) is 6.54 Å². The van der Waals surface area contributed by atoms with E-state index in [1.807, 2.05) is 7.05 Å². The molecule has 0 aromatic carbocycles. The smallest absolute Gasteiger partial charge is 0.224 e. The minimum Gasteiger partial charge on any atom is -0.333 e. The van der Waals surface area contributed by atoms with Crippen LogP contribution in [-0.2, 0) is 0 Å². The zero-order valence-corrected chi connectivity index (χ0v) is 5.70. The van der Waals surface area contributed by atoms with Gasteiger partial charge in [0.15, 0.2) is 0 Å². The van der Waals surface area contributed by atoms with Crippen LogP contribution in [0.1, 0.15) is 0 Å². The average Bonchev–Trinajstić information content (AvgIpc) is 2.38. The van der Waals surface area contributed by atoms with Gasteiger partial charge in [0.25, 0.3) is 0 Å². The number of anilines is 1. The van der Waals surface area contributed by atoms with E-state index in [1.165, 1.54) is 6.33 Å². The van der Waals surface area contributed by atoms with E-state index in [0.717, 1.165) is 0 Å². The third kappa shape index (κ3) is 1.26. The van der Waals surface area contributed by atoms with Crippen LogP contribution in [-0.4, -0.2) is 28.8 Å².